The largest absolute Gasteiger partial charge is 0.508 e. The normalized spacial score (nSPS) is 15.4. The molecule has 0 heterocycles. The zero-order valence-corrected chi connectivity index (χ0v) is 14.4. The van der Waals surface area contributed by atoms with E-state index in [0.717, 1.165) is 0 Å². The zero-order valence-electron chi connectivity index (χ0n) is 13.6. The molecule has 130 valence electrons. The predicted octanol–water partition coefficient (Wildman–Crippen LogP) is 2.74. The Morgan fingerprint density at radius 2 is 2.09 bits per heavy atom. The Bertz CT molecular complexity index is 611. The van der Waals surface area contributed by atoms with E-state index in [9.17, 15) is 13.5 Å². The quantitative estimate of drug-likeness (QED) is 0.532. The first-order valence-electron chi connectivity index (χ1n) is 7.93. The summed E-state index contributed by atoms with van der Waals surface area (Å²) in [6, 6.07) is 4.29. The summed E-state index contributed by atoms with van der Waals surface area (Å²) >= 11 is 0. The summed E-state index contributed by atoms with van der Waals surface area (Å²) in [5, 5.41) is 9.53. The molecule has 1 aliphatic rings. The molecule has 23 heavy (non-hydrogen) atoms. The van der Waals surface area contributed by atoms with Crippen LogP contribution in [0.5, 0.6) is 11.5 Å². The third kappa shape index (κ3) is 5.91. The van der Waals surface area contributed by atoms with E-state index in [-0.39, 0.29) is 24.2 Å². The minimum absolute atomic E-state index is 0.0208. The zero-order chi connectivity index (χ0) is 16.9. The Morgan fingerprint density at radius 1 is 1.35 bits per heavy atom. The number of aromatic hydroxyl groups is 1. The molecule has 0 spiro atoms. The molecule has 1 aromatic rings. The Kier molecular flexibility index (Phi) is 6.12. The molecule has 2 N–H and O–H groups in total. The number of rotatable bonds is 9. The van der Waals surface area contributed by atoms with Crippen molar-refractivity contribution in [3.8, 4) is 11.5 Å². The second-order valence-corrected chi connectivity index (χ2v) is 7.98. The van der Waals surface area contributed by atoms with Gasteiger partial charge in [-0.1, -0.05) is 6.42 Å². The maximum atomic E-state index is 12.1. The minimum atomic E-state index is -3.53. The molecule has 0 amide bonds. The lowest BCUT2D eigenvalue weighted by Gasteiger charge is -2.24. The lowest BCUT2D eigenvalue weighted by atomic mass is 9.86. The van der Waals surface area contributed by atoms with Crippen molar-refractivity contribution in [1.82, 2.24) is 0 Å². The average Bonchev–Trinajstić information content (AvgIpc) is 2.39. The summed E-state index contributed by atoms with van der Waals surface area (Å²) in [6.07, 6.45) is 3.46. The van der Waals surface area contributed by atoms with Crippen LogP contribution in [-0.2, 0) is 14.8 Å². The van der Waals surface area contributed by atoms with Crippen LogP contribution in [0.25, 0.3) is 0 Å². The fraction of sp³-hybridized carbons (Fsp3) is 0.625. The van der Waals surface area contributed by atoms with Gasteiger partial charge in [-0.25, -0.2) is 8.42 Å². The van der Waals surface area contributed by atoms with Gasteiger partial charge in [0.25, 0.3) is 0 Å². The Labute approximate surface area is 137 Å². The molecule has 6 nitrogen and oxygen atoms in total. The third-order valence-corrected chi connectivity index (χ3v) is 4.90. The van der Waals surface area contributed by atoms with Gasteiger partial charge in [-0.3, -0.25) is 4.72 Å². The molecule has 1 fully saturated rings. The molecular weight excluding hydrogens is 318 g/mol. The van der Waals surface area contributed by atoms with Crippen LogP contribution in [0.2, 0.25) is 0 Å². The average molecular weight is 343 g/mol. The fourth-order valence-corrected chi connectivity index (χ4v) is 3.19. The summed E-state index contributed by atoms with van der Waals surface area (Å²) in [5.41, 5.74) is 0.315. The highest BCUT2D eigenvalue weighted by molar-refractivity contribution is 7.92. The van der Waals surface area contributed by atoms with Crippen molar-refractivity contribution < 1.29 is 23.0 Å². The molecule has 0 saturated heterocycles. The van der Waals surface area contributed by atoms with E-state index in [1.54, 1.807) is 0 Å². The summed E-state index contributed by atoms with van der Waals surface area (Å²) in [4.78, 5) is 0. The molecular formula is C16H25NO5S. The number of nitrogens with one attached hydrogen (secondary N) is 1. The number of sulfonamides is 1. The number of phenolic OH excluding ortho intramolecular Hbond substituents is 1. The fourth-order valence-electron chi connectivity index (χ4n) is 2.24. The van der Waals surface area contributed by atoms with Gasteiger partial charge in [0.15, 0.2) is 0 Å². The smallest absolute Gasteiger partial charge is 0.235 e. The topological polar surface area (TPSA) is 84.9 Å². The highest BCUT2D eigenvalue weighted by Gasteiger charge is 2.19. The molecule has 1 saturated carbocycles. The van der Waals surface area contributed by atoms with E-state index in [1.807, 2.05) is 13.8 Å². The summed E-state index contributed by atoms with van der Waals surface area (Å²) in [6.45, 7) is 4.47. The van der Waals surface area contributed by atoms with E-state index in [4.69, 9.17) is 9.47 Å². The molecule has 0 atom stereocenters. The number of anilines is 1. The second kappa shape index (κ2) is 7.88. The highest BCUT2D eigenvalue weighted by atomic mass is 32.2. The van der Waals surface area contributed by atoms with Crippen LogP contribution in [0.1, 0.15) is 33.1 Å². The Morgan fingerprint density at radius 3 is 2.70 bits per heavy atom. The summed E-state index contributed by atoms with van der Waals surface area (Å²) in [7, 11) is -3.53. The van der Waals surface area contributed by atoms with Gasteiger partial charge in [-0.05, 0) is 44.7 Å². The van der Waals surface area contributed by atoms with Gasteiger partial charge in [0, 0.05) is 12.7 Å². The van der Waals surface area contributed by atoms with E-state index in [1.165, 1.54) is 37.5 Å². The number of hydrogen-bond acceptors (Lipinski definition) is 5. The standard InChI is InChI=1S/C16H25NO5S/c1-12(2)22-16-10-14(18)6-7-15(16)17-23(19,20)9-8-21-11-13-4-3-5-13/h6-7,10,12-13,17-18H,3-5,8-9,11H2,1-2H3. The Balaban J connectivity index is 1.90. The van der Waals surface area contributed by atoms with Crippen molar-refractivity contribution in [2.24, 2.45) is 5.92 Å². The molecule has 7 heteroatoms. The molecule has 2 rings (SSSR count). The molecule has 0 radical (unpaired) electrons. The van der Waals surface area contributed by atoms with Crippen LogP contribution < -0.4 is 9.46 Å². The lowest BCUT2D eigenvalue weighted by molar-refractivity contribution is 0.0800. The Hall–Kier alpha value is -1.47. The first kappa shape index (κ1) is 17.9. The van der Waals surface area contributed by atoms with Gasteiger partial charge in [0.05, 0.1) is 24.2 Å². The van der Waals surface area contributed by atoms with E-state index in [0.29, 0.717) is 24.0 Å². The highest BCUT2D eigenvalue weighted by Crippen LogP contribution is 2.30. The van der Waals surface area contributed by atoms with Gasteiger partial charge in [0.2, 0.25) is 10.0 Å². The van der Waals surface area contributed by atoms with Crippen molar-refractivity contribution in [2.75, 3.05) is 23.7 Å². The van der Waals surface area contributed by atoms with Crippen molar-refractivity contribution in [3.05, 3.63) is 18.2 Å². The molecule has 1 aliphatic carbocycles. The van der Waals surface area contributed by atoms with Crippen molar-refractivity contribution in [3.63, 3.8) is 0 Å². The van der Waals surface area contributed by atoms with Crippen LogP contribution in [0, 0.1) is 5.92 Å². The van der Waals surface area contributed by atoms with Gasteiger partial charge in [-0.2, -0.15) is 0 Å². The maximum Gasteiger partial charge on any atom is 0.235 e. The third-order valence-electron chi connectivity index (χ3n) is 3.67. The summed E-state index contributed by atoms with van der Waals surface area (Å²) < 4.78 is 37.7. The number of phenols is 1. The molecule has 0 bridgehead atoms. The lowest BCUT2D eigenvalue weighted by Crippen LogP contribution is -2.23. The van der Waals surface area contributed by atoms with Crippen molar-refractivity contribution in [1.29, 1.82) is 0 Å². The van der Waals surface area contributed by atoms with Crippen LogP contribution in [0.4, 0.5) is 5.69 Å². The SMILES string of the molecule is CC(C)Oc1cc(O)ccc1NS(=O)(=O)CCOCC1CCC1. The van der Waals surface area contributed by atoms with E-state index >= 15 is 0 Å². The molecule has 0 aliphatic heterocycles. The van der Waals surface area contributed by atoms with Gasteiger partial charge >= 0.3 is 0 Å². The van der Waals surface area contributed by atoms with Gasteiger partial charge in [0.1, 0.15) is 11.5 Å². The van der Waals surface area contributed by atoms with E-state index < -0.39 is 10.0 Å². The number of ether oxygens (including phenoxy) is 2. The second-order valence-electron chi connectivity index (χ2n) is 6.14. The van der Waals surface area contributed by atoms with Crippen LogP contribution in [0.3, 0.4) is 0 Å². The summed E-state index contributed by atoms with van der Waals surface area (Å²) in [5.74, 6) is 0.807. The van der Waals surface area contributed by atoms with Crippen LogP contribution in [0.15, 0.2) is 18.2 Å². The minimum Gasteiger partial charge on any atom is -0.508 e. The van der Waals surface area contributed by atoms with Crippen molar-refractivity contribution in [2.45, 2.75) is 39.2 Å². The van der Waals surface area contributed by atoms with Gasteiger partial charge < -0.3 is 14.6 Å². The van der Waals surface area contributed by atoms with Crippen LogP contribution >= 0.6 is 0 Å². The number of hydrogen-bond donors (Lipinski definition) is 2. The molecule has 0 unspecified atom stereocenters. The van der Waals surface area contributed by atoms with Crippen molar-refractivity contribution >= 4 is 15.7 Å². The first-order chi connectivity index (χ1) is 10.9. The molecule has 0 aromatic heterocycles. The predicted molar refractivity (Wildman–Crippen MR) is 89.4 cm³/mol. The monoisotopic (exact) mass is 343 g/mol. The first-order valence-corrected chi connectivity index (χ1v) is 9.59. The maximum absolute atomic E-state index is 12.1. The number of benzene rings is 1. The molecule has 1 aromatic carbocycles. The van der Waals surface area contributed by atoms with Crippen LogP contribution in [-0.4, -0.2) is 38.6 Å². The van der Waals surface area contributed by atoms with Gasteiger partial charge in [-0.15, -0.1) is 0 Å². The van der Waals surface area contributed by atoms with E-state index in [2.05, 4.69) is 4.72 Å².